The average Bonchev–Trinajstić information content (AvgIpc) is 3.96. The van der Waals surface area contributed by atoms with Gasteiger partial charge >= 0.3 is 6.85 Å². The predicted molar refractivity (Wildman–Crippen MR) is 299 cm³/mol. The second-order valence-corrected chi connectivity index (χ2v) is 18.8. The molecule has 3 nitrogen and oxygen atoms in total. The summed E-state index contributed by atoms with van der Waals surface area (Å²) in [6, 6.07) is 103. The molecule has 0 atom stereocenters. The lowest BCUT2D eigenvalue weighted by molar-refractivity contribution is 0.746. The summed E-state index contributed by atoms with van der Waals surface area (Å²) in [5.41, 5.74) is 18.6. The van der Waals surface area contributed by atoms with Crippen LogP contribution < -0.4 is 15.7 Å². The number of fused-ring (bicyclic) bond motifs is 9. The Labute approximate surface area is 413 Å². The molecule has 0 spiro atoms. The molecule has 11 aromatic carbocycles. The highest BCUT2D eigenvalue weighted by Crippen LogP contribution is 2.47. The summed E-state index contributed by atoms with van der Waals surface area (Å²) in [7, 11) is 0. The normalized spacial score (nSPS) is 12.5. The van der Waals surface area contributed by atoms with Gasteiger partial charge in [0.15, 0.2) is 0 Å². The van der Waals surface area contributed by atoms with Crippen molar-refractivity contribution in [3.63, 3.8) is 0 Å². The van der Waals surface area contributed by atoms with Gasteiger partial charge in [-0.3, -0.25) is 0 Å². The number of para-hydroxylation sites is 3. The Bertz CT molecular complexity index is 4020. The van der Waals surface area contributed by atoms with E-state index in [1.165, 1.54) is 88.1 Å². The van der Waals surface area contributed by atoms with E-state index in [0.29, 0.717) is 0 Å². The fraction of sp³-hybridized carbons (Fsp3) is 0.0149. The van der Waals surface area contributed by atoms with Crippen LogP contribution in [-0.4, -0.2) is 16.0 Å². The summed E-state index contributed by atoms with van der Waals surface area (Å²) in [5, 5.41) is 4.88. The summed E-state index contributed by atoms with van der Waals surface area (Å²) in [4.78, 5) is 2.54. The molecular weight excluding hydrogens is 858 g/mol. The van der Waals surface area contributed by atoms with Crippen molar-refractivity contribution >= 4 is 72.8 Å². The Balaban J connectivity index is 0.968. The van der Waals surface area contributed by atoms with E-state index in [0.717, 1.165) is 22.6 Å². The zero-order chi connectivity index (χ0) is 46.9. The molecule has 71 heavy (non-hydrogen) atoms. The van der Waals surface area contributed by atoms with Gasteiger partial charge < -0.3 is 13.9 Å². The van der Waals surface area contributed by atoms with Gasteiger partial charge in [-0.1, -0.05) is 224 Å². The molecule has 1 aliphatic heterocycles. The molecule has 0 saturated heterocycles. The van der Waals surface area contributed by atoms with Crippen LogP contribution >= 0.6 is 0 Å². The Kier molecular flexibility index (Phi) is 9.53. The van der Waals surface area contributed by atoms with Gasteiger partial charge in [0.1, 0.15) is 0 Å². The number of nitrogens with zero attached hydrogens (tertiary/aromatic N) is 3. The van der Waals surface area contributed by atoms with E-state index in [9.17, 15) is 0 Å². The number of hydrogen-bond donors (Lipinski definition) is 0. The third kappa shape index (κ3) is 6.31. The highest BCUT2D eigenvalue weighted by Gasteiger charge is 2.39. The van der Waals surface area contributed by atoms with Gasteiger partial charge in [-0.25, -0.2) is 0 Å². The molecule has 3 heterocycles. The minimum atomic E-state index is -0.577. The molecule has 0 N–H and O–H groups in total. The molecule has 2 aromatic heterocycles. The molecule has 0 saturated carbocycles. The molecule has 0 radical (unpaired) electrons. The quantitative estimate of drug-likeness (QED) is 0.109. The first-order valence-corrected chi connectivity index (χ1v) is 24.6. The summed E-state index contributed by atoms with van der Waals surface area (Å²) < 4.78 is 4.94. The van der Waals surface area contributed by atoms with E-state index < -0.39 is 5.41 Å². The van der Waals surface area contributed by atoms with Gasteiger partial charge in [0.2, 0.25) is 0 Å². The van der Waals surface area contributed by atoms with Crippen molar-refractivity contribution in [2.45, 2.75) is 5.41 Å². The third-order valence-corrected chi connectivity index (χ3v) is 15.1. The first-order chi connectivity index (χ1) is 35.3. The summed E-state index contributed by atoms with van der Waals surface area (Å²) in [5.74, 6) is 0. The van der Waals surface area contributed by atoms with E-state index in [2.05, 4.69) is 293 Å². The fourth-order valence-electron chi connectivity index (χ4n) is 12.1. The molecule has 1 aliphatic rings. The maximum absolute atomic E-state index is 2.54. The number of anilines is 2. The molecule has 4 heteroatoms. The van der Waals surface area contributed by atoms with E-state index in [-0.39, 0.29) is 6.85 Å². The molecule has 13 aromatic rings. The van der Waals surface area contributed by atoms with Crippen molar-refractivity contribution in [1.29, 1.82) is 0 Å². The van der Waals surface area contributed by atoms with Crippen LogP contribution in [0.5, 0.6) is 0 Å². The van der Waals surface area contributed by atoms with Crippen molar-refractivity contribution in [3.8, 4) is 22.5 Å². The minimum absolute atomic E-state index is 0.0109. The molecule has 0 aliphatic carbocycles. The van der Waals surface area contributed by atoms with Gasteiger partial charge in [-0.2, -0.15) is 0 Å². The lowest BCUT2D eigenvalue weighted by Crippen LogP contribution is -2.57. The maximum Gasteiger partial charge on any atom is 0.328 e. The zero-order valence-electron chi connectivity index (χ0n) is 39.0. The molecule has 14 rings (SSSR count). The molecule has 332 valence electrons. The molecule has 0 unspecified atom stereocenters. The highest BCUT2D eigenvalue weighted by atomic mass is 15.1. The molecule has 0 fully saturated rings. The smallest absolute Gasteiger partial charge is 0.328 e. The Hall–Kier alpha value is -9.12. The lowest BCUT2D eigenvalue weighted by atomic mass is 9.46. The second kappa shape index (κ2) is 16.5. The van der Waals surface area contributed by atoms with Crippen LogP contribution in [0.3, 0.4) is 0 Å². The highest BCUT2D eigenvalue weighted by molar-refractivity contribution is 6.90. The largest absolute Gasteiger partial charge is 0.376 e. The van der Waals surface area contributed by atoms with Crippen LogP contribution in [0.2, 0.25) is 0 Å². The monoisotopic (exact) mass is 903 g/mol. The number of benzene rings is 11. The SMILES string of the molecule is c1ccc(B2c3ccccc3-c3ccccc3N2c2cccc(-n3c4ccccc4c4cc(-n5c6ccccc6c6ccc(C(c7ccccc7)(c7ccccc7)c7ccccc7)cc65)ccc43)c2)cc1. The zero-order valence-corrected chi connectivity index (χ0v) is 39.0. The standard InChI is InChI=1S/C67H46BN3/c1-5-22-47(23-6-1)67(48-24-7-2-8-25-48,49-26-9-3-10-27-49)50-40-42-59-57-34-14-18-37-62(57)70(66(59)44-50)53-41-43-64-60(46-53)58-35-15-19-38-63(58)69(64)52-30-21-31-54(45-52)71-65-39-20-16-33-56(65)55-32-13-17-36-61(55)68(71)51-28-11-4-12-29-51/h1-46H. The van der Waals surface area contributed by atoms with Crippen LogP contribution in [0.1, 0.15) is 22.3 Å². The van der Waals surface area contributed by atoms with Crippen molar-refractivity contribution in [2.75, 3.05) is 4.81 Å². The van der Waals surface area contributed by atoms with E-state index >= 15 is 0 Å². The maximum atomic E-state index is 2.54. The predicted octanol–water partition coefficient (Wildman–Crippen LogP) is 15.2. The summed E-state index contributed by atoms with van der Waals surface area (Å²) in [6.07, 6.45) is 0. The summed E-state index contributed by atoms with van der Waals surface area (Å²) >= 11 is 0. The van der Waals surface area contributed by atoms with Gasteiger partial charge in [-0.05, 0) is 93.9 Å². The Morgan fingerprint density at radius 1 is 0.282 bits per heavy atom. The molecule has 0 amide bonds. The van der Waals surface area contributed by atoms with E-state index in [1.54, 1.807) is 0 Å². The number of hydrogen-bond acceptors (Lipinski definition) is 1. The average molecular weight is 904 g/mol. The van der Waals surface area contributed by atoms with Crippen LogP contribution in [-0.2, 0) is 5.41 Å². The van der Waals surface area contributed by atoms with Crippen LogP contribution in [0.25, 0.3) is 66.1 Å². The Morgan fingerprint density at radius 3 is 1.45 bits per heavy atom. The number of aromatic nitrogens is 2. The first-order valence-electron chi connectivity index (χ1n) is 24.6. The van der Waals surface area contributed by atoms with Gasteiger partial charge in [-0.15, -0.1) is 0 Å². The molecule has 0 bridgehead atoms. The lowest BCUT2D eigenvalue weighted by Gasteiger charge is -2.39. The van der Waals surface area contributed by atoms with Gasteiger partial charge in [0.25, 0.3) is 0 Å². The summed E-state index contributed by atoms with van der Waals surface area (Å²) in [6.45, 7) is -0.0109. The van der Waals surface area contributed by atoms with E-state index in [1.807, 2.05) is 0 Å². The van der Waals surface area contributed by atoms with Crippen LogP contribution in [0.4, 0.5) is 11.4 Å². The first kappa shape index (κ1) is 40.9. The molecular formula is C67H46BN3. The number of rotatable bonds is 8. The van der Waals surface area contributed by atoms with Gasteiger partial charge in [0, 0.05) is 49.9 Å². The van der Waals surface area contributed by atoms with Crippen LogP contribution in [0.15, 0.2) is 279 Å². The van der Waals surface area contributed by atoms with Crippen LogP contribution in [0, 0.1) is 0 Å². The third-order valence-electron chi connectivity index (χ3n) is 15.1. The Morgan fingerprint density at radius 2 is 0.775 bits per heavy atom. The van der Waals surface area contributed by atoms with Crippen molar-refractivity contribution in [2.24, 2.45) is 0 Å². The minimum Gasteiger partial charge on any atom is -0.376 e. The second-order valence-electron chi connectivity index (χ2n) is 18.8. The van der Waals surface area contributed by atoms with Gasteiger partial charge in [0.05, 0.1) is 27.5 Å². The van der Waals surface area contributed by atoms with E-state index in [4.69, 9.17) is 0 Å². The fourth-order valence-corrected chi connectivity index (χ4v) is 12.1. The topological polar surface area (TPSA) is 13.1 Å². The van der Waals surface area contributed by atoms with Crippen molar-refractivity contribution in [1.82, 2.24) is 9.13 Å². The van der Waals surface area contributed by atoms with Crippen molar-refractivity contribution < 1.29 is 0 Å². The van der Waals surface area contributed by atoms with Crippen molar-refractivity contribution in [3.05, 3.63) is 301 Å².